The summed E-state index contributed by atoms with van der Waals surface area (Å²) in [6.45, 7) is 6.99. The number of hydrogen-bond acceptors (Lipinski definition) is 4. The number of carbonyl (C=O) groups excluding carboxylic acids is 1. The SMILES string of the molecule is Cc1ccc(C(=O)N(CC[NH+]2CCOCC2)c2nc3c(Cl)cccc3s2)cc1. The van der Waals surface area contributed by atoms with E-state index in [0.29, 0.717) is 22.3 Å². The summed E-state index contributed by atoms with van der Waals surface area (Å²) in [7, 11) is 0. The molecule has 1 aromatic heterocycles. The fourth-order valence-electron chi connectivity index (χ4n) is 3.33. The van der Waals surface area contributed by atoms with Crippen LogP contribution in [0.3, 0.4) is 0 Å². The molecular formula is C21H23ClN3O2S+. The minimum atomic E-state index is -0.0251. The molecule has 2 aromatic carbocycles. The maximum absolute atomic E-state index is 13.3. The number of nitrogens with zero attached hydrogens (tertiary/aromatic N) is 2. The first-order chi connectivity index (χ1) is 13.6. The molecule has 1 saturated heterocycles. The zero-order valence-electron chi connectivity index (χ0n) is 15.8. The van der Waals surface area contributed by atoms with E-state index in [-0.39, 0.29) is 5.91 Å². The van der Waals surface area contributed by atoms with Crippen LogP contribution in [0.2, 0.25) is 5.02 Å². The number of thiazole rings is 1. The second-order valence-corrected chi connectivity index (χ2v) is 8.43. The Balaban J connectivity index is 1.64. The summed E-state index contributed by atoms with van der Waals surface area (Å²) < 4.78 is 6.43. The predicted octanol–water partition coefficient (Wildman–Crippen LogP) is 2.82. The third kappa shape index (κ3) is 4.20. The fraction of sp³-hybridized carbons (Fsp3) is 0.333. The molecule has 1 N–H and O–H groups in total. The first-order valence-electron chi connectivity index (χ1n) is 9.47. The van der Waals surface area contributed by atoms with Gasteiger partial charge in [0.1, 0.15) is 18.6 Å². The molecule has 0 bridgehead atoms. The van der Waals surface area contributed by atoms with E-state index in [9.17, 15) is 4.79 Å². The molecule has 0 spiro atoms. The second kappa shape index (κ2) is 8.57. The number of para-hydroxylation sites is 1. The lowest BCUT2D eigenvalue weighted by Gasteiger charge is -2.27. The summed E-state index contributed by atoms with van der Waals surface area (Å²) in [6.07, 6.45) is 0. The summed E-state index contributed by atoms with van der Waals surface area (Å²) in [6, 6.07) is 13.4. The van der Waals surface area contributed by atoms with Crippen molar-refractivity contribution >= 4 is 44.2 Å². The Morgan fingerprint density at radius 3 is 2.68 bits per heavy atom. The quantitative estimate of drug-likeness (QED) is 0.695. The summed E-state index contributed by atoms with van der Waals surface area (Å²) in [4.78, 5) is 21.3. The van der Waals surface area contributed by atoms with E-state index in [4.69, 9.17) is 21.3 Å². The molecule has 4 rings (SSSR count). The molecule has 3 aromatic rings. The van der Waals surface area contributed by atoms with Crippen molar-refractivity contribution in [2.75, 3.05) is 44.3 Å². The van der Waals surface area contributed by atoms with Gasteiger partial charge in [-0.1, -0.05) is 46.7 Å². The van der Waals surface area contributed by atoms with E-state index in [1.165, 1.54) is 16.2 Å². The molecule has 7 heteroatoms. The Labute approximate surface area is 173 Å². The zero-order valence-corrected chi connectivity index (χ0v) is 17.4. The summed E-state index contributed by atoms with van der Waals surface area (Å²) in [5.41, 5.74) is 2.56. The van der Waals surface area contributed by atoms with Crippen molar-refractivity contribution in [2.24, 2.45) is 0 Å². The topological polar surface area (TPSA) is 46.9 Å². The van der Waals surface area contributed by atoms with Gasteiger partial charge in [-0.05, 0) is 31.2 Å². The van der Waals surface area contributed by atoms with E-state index in [2.05, 4.69) is 0 Å². The van der Waals surface area contributed by atoms with Gasteiger partial charge in [0.25, 0.3) is 5.91 Å². The number of benzene rings is 2. The van der Waals surface area contributed by atoms with Gasteiger partial charge in [0.15, 0.2) is 5.13 Å². The number of morpholine rings is 1. The van der Waals surface area contributed by atoms with Gasteiger partial charge < -0.3 is 9.64 Å². The van der Waals surface area contributed by atoms with Gasteiger partial charge >= 0.3 is 0 Å². The van der Waals surface area contributed by atoms with E-state index < -0.39 is 0 Å². The van der Waals surface area contributed by atoms with Crippen LogP contribution in [0.5, 0.6) is 0 Å². The summed E-state index contributed by atoms with van der Waals surface area (Å²) in [5.74, 6) is -0.0251. The Morgan fingerprint density at radius 2 is 1.96 bits per heavy atom. The van der Waals surface area contributed by atoms with Crippen molar-refractivity contribution in [3.63, 3.8) is 0 Å². The standard InChI is InChI=1S/C21H22ClN3O2S/c1-15-5-7-16(8-6-15)20(26)25(10-9-24-11-13-27-14-12-24)21-23-19-17(22)3-2-4-18(19)28-21/h2-8H,9-14H2,1H3/p+1. The van der Waals surface area contributed by atoms with Crippen LogP contribution < -0.4 is 9.80 Å². The smallest absolute Gasteiger partial charge is 0.260 e. The average Bonchev–Trinajstić information content (AvgIpc) is 3.15. The molecule has 146 valence electrons. The lowest BCUT2D eigenvalue weighted by molar-refractivity contribution is -0.906. The number of amides is 1. The highest BCUT2D eigenvalue weighted by atomic mass is 35.5. The van der Waals surface area contributed by atoms with Gasteiger partial charge in [0.2, 0.25) is 0 Å². The number of fused-ring (bicyclic) bond motifs is 1. The molecule has 1 aliphatic rings. The number of hydrogen-bond donors (Lipinski definition) is 1. The van der Waals surface area contributed by atoms with E-state index in [0.717, 1.165) is 48.6 Å². The van der Waals surface area contributed by atoms with Gasteiger partial charge in [-0.25, -0.2) is 4.98 Å². The van der Waals surface area contributed by atoms with Gasteiger partial charge in [-0.15, -0.1) is 0 Å². The highest BCUT2D eigenvalue weighted by Crippen LogP contribution is 2.33. The molecule has 0 aliphatic carbocycles. The first-order valence-corrected chi connectivity index (χ1v) is 10.7. The third-order valence-corrected chi connectivity index (χ3v) is 6.37. The predicted molar refractivity (Wildman–Crippen MR) is 114 cm³/mol. The fourth-order valence-corrected chi connectivity index (χ4v) is 4.62. The van der Waals surface area contributed by atoms with Crippen molar-refractivity contribution in [2.45, 2.75) is 6.92 Å². The summed E-state index contributed by atoms with van der Waals surface area (Å²) >= 11 is 7.82. The molecule has 1 amide bonds. The number of carbonyl (C=O) groups is 1. The van der Waals surface area contributed by atoms with E-state index in [1.807, 2.05) is 49.4 Å². The molecule has 28 heavy (non-hydrogen) atoms. The number of aryl methyl sites for hydroxylation is 1. The molecule has 1 aliphatic heterocycles. The van der Waals surface area contributed by atoms with Crippen LogP contribution in [0.4, 0.5) is 5.13 Å². The van der Waals surface area contributed by atoms with Crippen LogP contribution in [-0.2, 0) is 4.74 Å². The number of rotatable bonds is 5. The van der Waals surface area contributed by atoms with Gasteiger partial charge in [-0.3, -0.25) is 9.69 Å². The molecule has 5 nitrogen and oxygen atoms in total. The molecular weight excluding hydrogens is 394 g/mol. The second-order valence-electron chi connectivity index (χ2n) is 7.02. The Hall–Kier alpha value is -1.99. The number of nitrogens with one attached hydrogen (secondary N) is 1. The molecule has 0 saturated carbocycles. The normalized spacial score (nSPS) is 15.1. The van der Waals surface area contributed by atoms with Crippen LogP contribution in [0, 0.1) is 6.92 Å². The minimum absolute atomic E-state index is 0.0251. The maximum atomic E-state index is 13.3. The van der Waals surface area contributed by atoms with Crippen LogP contribution >= 0.6 is 22.9 Å². The first kappa shape index (κ1) is 19.3. The van der Waals surface area contributed by atoms with Crippen molar-refractivity contribution < 1.29 is 14.4 Å². The molecule has 0 radical (unpaired) electrons. The monoisotopic (exact) mass is 416 g/mol. The van der Waals surface area contributed by atoms with E-state index in [1.54, 1.807) is 4.90 Å². The van der Waals surface area contributed by atoms with Crippen molar-refractivity contribution in [1.29, 1.82) is 0 Å². The Morgan fingerprint density at radius 1 is 1.21 bits per heavy atom. The van der Waals surface area contributed by atoms with Crippen LogP contribution in [-0.4, -0.2) is 50.3 Å². The van der Waals surface area contributed by atoms with E-state index >= 15 is 0 Å². The Bertz CT molecular complexity index is 967. The zero-order chi connectivity index (χ0) is 19.5. The lowest BCUT2D eigenvalue weighted by atomic mass is 10.1. The molecule has 2 heterocycles. The average molecular weight is 417 g/mol. The third-order valence-electron chi connectivity index (χ3n) is 5.02. The lowest BCUT2D eigenvalue weighted by Crippen LogP contribution is -3.14. The molecule has 1 fully saturated rings. The number of ether oxygens (including phenoxy) is 1. The largest absolute Gasteiger partial charge is 0.370 e. The molecule has 0 atom stereocenters. The number of halogens is 1. The van der Waals surface area contributed by atoms with Crippen LogP contribution in [0.25, 0.3) is 10.2 Å². The van der Waals surface area contributed by atoms with Crippen LogP contribution in [0.1, 0.15) is 15.9 Å². The Kier molecular flexibility index (Phi) is 5.92. The maximum Gasteiger partial charge on any atom is 0.260 e. The molecule has 0 unspecified atom stereocenters. The highest BCUT2D eigenvalue weighted by Gasteiger charge is 2.24. The number of aromatic nitrogens is 1. The minimum Gasteiger partial charge on any atom is -0.370 e. The van der Waals surface area contributed by atoms with Gasteiger partial charge in [0.05, 0.1) is 36.0 Å². The van der Waals surface area contributed by atoms with Crippen LogP contribution in [0.15, 0.2) is 42.5 Å². The van der Waals surface area contributed by atoms with Crippen molar-refractivity contribution in [3.8, 4) is 0 Å². The number of anilines is 1. The van der Waals surface area contributed by atoms with Gasteiger partial charge in [0, 0.05) is 5.56 Å². The highest BCUT2D eigenvalue weighted by molar-refractivity contribution is 7.22. The van der Waals surface area contributed by atoms with Gasteiger partial charge in [-0.2, -0.15) is 0 Å². The summed E-state index contributed by atoms with van der Waals surface area (Å²) in [5, 5.41) is 1.31. The van der Waals surface area contributed by atoms with Crippen molar-refractivity contribution in [1.82, 2.24) is 4.98 Å². The van der Waals surface area contributed by atoms with Crippen molar-refractivity contribution in [3.05, 3.63) is 58.6 Å². The number of quaternary nitrogens is 1.